The van der Waals surface area contributed by atoms with Crippen molar-refractivity contribution in [1.29, 1.82) is 0 Å². The van der Waals surface area contributed by atoms with Gasteiger partial charge in [0.25, 0.3) is 5.91 Å². The SMILES string of the molecule is O=C(NNC(=O)N1CCOCC1)c1coc(C2CC2)n1. The summed E-state index contributed by atoms with van der Waals surface area (Å²) in [5.41, 5.74) is 4.86. The summed E-state index contributed by atoms with van der Waals surface area (Å²) in [6, 6.07) is -0.354. The second-order valence-corrected chi connectivity index (χ2v) is 4.83. The molecule has 3 amide bonds. The predicted molar refractivity (Wildman–Crippen MR) is 66.9 cm³/mol. The normalized spacial score (nSPS) is 18.7. The molecule has 3 rings (SSSR count). The van der Waals surface area contributed by atoms with Crippen LogP contribution in [0.2, 0.25) is 0 Å². The average molecular weight is 280 g/mol. The van der Waals surface area contributed by atoms with E-state index >= 15 is 0 Å². The van der Waals surface area contributed by atoms with Gasteiger partial charge in [-0.1, -0.05) is 0 Å². The van der Waals surface area contributed by atoms with Gasteiger partial charge in [0, 0.05) is 19.0 Å². The summed E-state index contributed by atoms with van der Waals surface area (Å²) in [6.07, 6.45) is 3.41. The summed E-state index contributed by atoms with van der Waals surface area (Å²) in [4.78, 5) is 29.2. The summed E-state index contributed by atoms with van der Waals surface area (Å²) in [7, 11) is 0. The molecule has 0 atom stereocenters. The van der Waals surface area contributed by atoms with Crippen LogP contribution in [0.25, 0.3) is 0 Å². The Bertz CT molecular complexity index is 505. The number of nitrogens with zero attached hydrogens (tertiary/aromatic N) is 2. The van der Waals surface area contributed by atoms with Gasteiger partial charge in [-0.05, 0) is 12.8 Å². The molecule has 8 nitrogen and oxygen atoms in total. The van der Waals surface area contributed by atoms with Gasteiger partial charge in [-0.25, -0.2) is 15.2 Å². The fraction of sp³-hybridized carbons (Fsp3) is 0.583. The van der Waals surface area contributed by atoms with E-state index in [1.807, 2.05) is 0 Å². The van der Waals surface area contributed by atoms with Crippen LogP contribution in [-0.4, -0.2) is 48.1 Å². The van der Waals surface area contributed by atoms with Crippen molar-refractivity contribution in [3.8, 4) is 0 Å². The highest BCUT2D eigenvalue weighted by Crippen LogP contribution is 2.39. The first kappa shape index (κ1) is 12.9. The number of aromatic nitrogens is 1. The molecule has 1 aromatic rings. The third kappa shape index (κ3) is 2.90. The Morgan fingerprint density at radius 2 is 2.00 bits per heavy atom. The number of carbonyl (C=O) groups is 2. The second kappa shape index (κ2) is 5.49. The van der Waals surface area contributed by atoms with Crippen molar-refractivity contribution in [2.45, 2.75) is 18.8 Å². The summed E-state index contributed by atoms with van der Waals surface area (Å²) in [6.45, 7) is 2.04. The van der Waals surface area contributed by atoms with E-state index in [4.69, 9.17) is 9.15 Å². The van der Waals surface area contributed by atoms with Gasteiger partial charge in [-0.15, -0.1) is 0 Å². The summed E-state index contributed by atoms with van der Waals surface area (Å²) >= 11 is 0. The zero-order valence-electron chi connectivity index (χ0n) is 10.9. The number of nitrogens with one attached hydrogen (secondary N) is 2. The van der Waals surface area contributed by atoms with Crippen LogP contribution in [-0.2, 0) is 4.74 Å². The first-order chi connectivity index (χ1) is 9.74. The highest BCUT2D eigenvalue weighted by molar-refractivity contribution is 5.93. The Labute approximate surface area is 115 Å². The van der Waals surface area contributed by atoms with Crippen molar-refractivity contribution in [2.24, 2.45) is 0 Å². The fourth-order valence-corrected chi connectivity index (χ4v) is 1.93. The van der Waals surface area contributed by atoms with Gasteiger partial charge < -0.3 is 14.1 Å². The van der Waals surface area contributed by atoms with E-state index in [1.165, 1.54) is 6.26 Å². The van der Waals surface area contributed by atoms with Gasteiger partial charge in [0.05, 0.1) is 13.2 Å². The van der Waals surface area contributed by atoms with Crippen molar-refractivity contribution in [3.05, 3.63) is 17.8 Å². The maximum atomic E-state index is 11.8. The van der Waals surface area contributed by atoms with E-state index < -0.39 is 5.91 Å². The molecule has 2 fully saturated rings. The molecule has 20 heavy (non-hydrogen) atoms. The quantitative estimate of drug-likeness (QED) is 0.756. The van der Waals surface area contributed by atoms with Crippen LogP contribution in [0.3, 0.4) is 0 Å². The first-order valence-electron chi connectivity index (χ1n) is 6.62. The highest BCUT2D eigenvalue weighted by atomic mass is 16.5. The summed E-state index contributed by atoms with van der Waals surface area (Å²) in [5.74, 6) is 0.455. The number of carbonyl (C=O) groups excluding carboxylic acids is 2. The molecule has 0 aromatic carbocycles. The van der Waals surface area contributed by atoms with Gasteiger partial charge in [-0.2, -0.15) is 0 Å². The van der Waals surface area contributed by atoms with Gasteiger partial charge in [-0.3, -0.25) is 10.2 Å². The molecule has 8 heteroatoms. The van der Waals surface area contributed by atoms with Crippen molar-refractivity contribution < 1.29 is 18.7 Å². The minimum Gasteiger partial charge on any atom is -0.448 e. The molecular formula is C12H16N4O4. The molecule has 1 aliphatic heterocycles. The van der Waals surface area contributed by atoms with Crippen molar-refractivity contribution >= 4 is 11.9 Å². The molecule has 1 saturated carbocycles. The number of hydrogen-bond acceptors (Lipinski definition) is 5. The van der Waals surface area contributed by atoms with Crippen LogP contribution in [0, 0.1) is 0 Å². The number of hydrazine groups is 1. The van der Waals surface area contributed by atoms with E-state index in [2.05, 4.69) is 15.8 Å². The molecular weight excluding hydrogens is 264 g/mol. The number of oxazole rings is 1. The van der Waals surface area contributed by atoms with Crippen molar-refractivity contribution in [3.63, 3.8) is 0 Å². The van der Waals surface area contributed by atoms with Gasteiger partial charge in [0.2, 0.25) is 0 Å². The van der Waals surface area contributed by atoms with Crippen molar-refractivity contribution in [1.82, 2.24) is 20.7 Å². The average Bonchev–Trinajstić information content (AvgIpc) is 3.22. The lowest BCUT2D eigenvalue weighted by Crippen LogP contribution is -2.52. The molecule has 0 unspecified atom stereocenters. The predicted octanol–water partition coefficient (Wildman–Crippen LogP) is 0.239. The van der Waals surface area contributed by atoms with Crippen LogP contribution in [0.4, 0.5) is 4.79 Å². The smallest absolute Gasteiger partial charge is 0.336 e. The van der Waals surface area contributed by atoms with Crippen LogP contribution < -0.4 is 10.9 Å². The standard InChI is InChI=1S/C12H16N4O4/c17-10(9-7-20-11(13-9)8-1-2-8)14-15-12(18)16-3-5-19-6-4-16/h7-8H,1-6H2,(H,14,17)(H,15,18). The van der Waals surface area contributed by atoms with E-state index in [-0.39, 0.29) is 11.7 Å². The van der Waals surface area contributed by atoms with E-state index in [0.717, 1.165) is 12.8 Å². The van der Waals surface area contributed by atoms with Crippen LogP contribution >= 0.6 is 0 Å². The molecule has 1 saturated heterocycles. The zero-order chi connectivity index (χ0) is 13.9. The molecule has 1 aliphatic carbocycles. The van der Waals surface area contributed by atoms with Crippen LogP contribution in [0.15, 0.2) is 10.7 Å². The number of morpholine rings is 1. The monoisotopic (exact) mass is 280 g/mol. The molecule has 0 spiro atoms. The van der Waals surface area contributed by atoms with Gasteiger partial charge in [0.15, 0.2) is 11.6 Å². The lowest BCUT2D eigenvalue weighted by atomic mass is 10.4. The second-order valence-electron chi connectivity index (χ2n) is 4.83. The molecule has 2 aliphatic rings. The first-order valence-corrected chi connectivity index (χ1v) is 6.62. The Hall–Kier alpha value is -2.09. The van der Waals surface area contributed by atoms with Crippen molar-refractivity contribution in [2.75, 3.05) is 26.3 Å². The van der Waals surface area contributed by atoms with E-state index in [9.17, 15) is 9.59 Å². The Balaban J connectivity index is 1.49. The van der Waals surface area contributed by atoms with Gasteiger partial charge in [0.1, 0.15) is 6.26 Å². The highest BCUT2D eigenvalue weighted by Gasteiger charge is 2.29. The molecule has 1 aromatic heterocycles. The lowest BCUT2D eigenvalue weighted by molar-refractivity contribution is 0.0519. The Morgan fingerprint density at radius 1 is 1.25 bits per heavy atom. The number of rotatable bonds is 2. The fourth-order valence-electron chi connectivity index (χ4n) is 1.93. The number of hydrogen-bond donors (Lipinski definition) is 2. The zero-order valence-corrected chi connectivity index (χ0v) is 10.9. The molecule has 108 valence electrons. The number of ether oxygens (including phenoxy) is 1. The maximum absolute atomic E-state index is 11.8. The minimum atomic E-state index is -0.484. The largest absolute Gasteiger partial charge is 0.448 e. The Kier molecular flexibility index (Phi) is 3.55. The topological polar surface area (TPSA) is 96.7 Å². The minimum absolute atomic E-state index is 0.175. The van der Waals surface area contributed by atoms with Crippen LogP contribution in [0.5, 0.6) is 0 Å². The lowest BCUT2D eigenvalue weighted by Gasteiger charge is -2.26. The molecule has 2 heterocycles. The Morgan fingerprint density at radius 3 is 2.70 bits per heavy atom. The molecule has 0 radical (unpaired) electrons. The molecule has 0 bridgehead atoms. The third-order valence-corrected chi connectivity index (χ3v) is 3.26. The number of amides is 3. The van der Waals surface area contributed by atoms with E-state index in [1.54, 1.807) is 4.90 Å². The van der Waals surface area contributed by atoms with Gasteiger partial charge >= 0.3 is 6.03 Å². The summed E-state index contributed by atoms with van der Waals surface area (Å²) < 4.78 is 10.4. The number of urea groups is 1. The van der Waals surface area contributed by atoms with Crippen LogP contribution in [0.1, 0.15) is 35.1 Å². The summed E-state index contributed by atoms with van der Waals surface area (Å²) in [5, 5.41) is 0. The molecule has 2 N–H and O–H groups in total. The third-order valence-electron chi connectivity index (χ3n) is 3.26. The maximum Gasteiger partial charge on any atom is 0.336 e. The van der Waals surface area contributed by atoms with E-state index in [0.29, 0.717) is 38.1 Å².